The number of hydrogen-bond donors (Lipinski definition) is 5. The molecule has 4 radical (unpaired) electrons. The molecule has 2 spiro atoms. The SMILES string of the molecule is COC(=O)C(C(=O)O)=C1CCCNCC=N1.COC(=O)C1(C(=O)O)N2CCN3CCCC321.COC(=O)C1(C(=O)O)N=CCN2CCCC21.COC1=C(C(=O)O)N2CCN3CCCC32O1.[Y].[Y].[Y].[Y]. The van der Waals surface area contributed by atoms with Gasteiger partial charge in [-0.1, -0.05) is 0 Å². The monoisotopic (exact) mass is 1260 g/mol. The Morgan fingerprint density at radius 1 is 0.750 bits per heavy atom. The molecule has 364 valence electrons. The number of aliphatic imine (C=N–C) groups is 2. The number of ether oxygens (including phenoxy) is 5. The van der Waals surface area contributed by atoms with Gasteiger partial charge in [0.1, 0.15) is 5.66 Å². The van der Waals surface area contributed by atoms with Crippen LogP contribution >= 0.6 is 0 Å². The largest absolute Gasteiger partial charge is 0.479 e. The average Bonchev–Trinajstić information content (AvgIpc) is 4.02. The molecule has 5 N–H and O–H groups in total. The Morgan fingerprint density at radius 3 is 2.01 bits per heavy atom. The van der Waals surface area contributed by atoms with Gasteiger partial charge in [-0.15, -0.1) is 0 Å². The summed E-state index contributed by atoms with van der Waals surface area (Å²) in [5, 5.41) is 39.9. The Morgan fingerprint density at radius 2 is 1.41 bits per heavy atom. The van der Waals surface area contributed by atoms with Crippen LogP contribution in [0.3, 0.4) is 0 Å². The maximum Gasteiger partial charge on any atom is 0.359 e. The van der Waals surface area contributed by atoms with Crippen molar-refractivity contribution in [3.63, 3.8) is 0 Å². The summed E-state index contributed by atoms with van der Waals surface area (Å²) in [7, 11) is 5.03. The molecule has 0 bridgehead atoms. The first-order chi connectivity index (χ1) is 30.6. The fourth-order valence-electron chi connectivity index (χ4n) is 10.5. The number of allylic oxidation sites excluding steroid dienone is 1. The molecule has 28 heteroatoms. The second kappa shape index (κ2) is 26.6. The van der Waals surface area contributed by atoms with Crippen LogP contribution in [0.2, 0.25) is 0 Å². The zero-order valence-corrected chi connectivity index (χ0v) is 49.9. The minimum absolute atomic E-state index is 0. The minimum Gasteiger partial charge on any atom is -0.479 e. The zero-order chi connectivity index (χ0) is 46.6. The molecule has 0 aromatic heterocycles. The van der Waals surface area contributed by atoms with Crippen molar-refractivity contribution >= 4 is 54.2 Å². The molecule has 9 rings (SSSR count). The predicted octanol–water partition coefficient (Wildman–Crippen LogP) is -1.44. The summed E-state index contributed by atoms with van der Waals surface area (Å²) in [5.74, 6) is -7.29. The predicted molar refractivity (Wildman–Crippen MR) is 218 cm³/mol. The van der Waals surface area contributed by atoms with Crippen molar-refractivity contribution in [1.29, 1.82) is 0 Å². The van der Waals surface area contributed by atoms with Gasteiger partial charge in [0.15, 0.2) is 5.57 Å². The van der Waals surface area contributed by atoms with Crippen LogP contribution < -0.4 is 5.32 Å². The third kappa shape index (κ3) is 11.1. The number of rotatable bonds is 8. The molecule has 6 unspecified atom stereocenters. The smallest absolute Gasteiger partial charge is 0.359 e. The number of carboxylic acids is 4. The molecule has 6 fully saturated rings. The molecule has 9 aliphatic heterocycles. The molecule has 0 aliphatic carbocycles. The van der Waals surface area contributed by atoms with Gasteiger partial charge >= 0.3 is 47.7 Å². The molecular formula is C40H56N8O16Y4. The molecule has 0 saturated carbocycles. The number of methoxy groups -OCH3 is 4. The number of nitrogens with zero attached hydrogens (tertiary/aromatic N) is 7. The molecule has 0 aromatic rings. The van der Waals surface area contributed by atoms with Gasteiger partial charge in [0, 0.05) is 202 Å². The molecule has 0 aromatic carbocycles. The maximum absolute atomic E-state index is 11.8. The second-order valence-corrected chi connectivity index (χ2v) is 16.1. The van der Waals surface area contributed by atoms with Crippen LogP contribution in [0.25, 0.3) is 0 Å². The maximum atomic E-state index is 11.8. The number of fused-ring (bicyclic) bond motifs is 1. The van der Waals surface area contributed by atoms with Crippen molar-refractivity contribution in [3.8, 4) is 0 Å². The Kier molecular flexibility index (Phi) is 24.6. The van der Waals surface area contributed by atoms with Crippen molar-refractivity contribution in [2.45, 2.75) is 80.0 Å². The Labute approximate surface area is 493 Å². The minimum atomic E-state index is -1.76. The van der Waals surface area contributed by atoms with Gasteiger partial charge in [0.25, 0.3) is 11.1 Å². The van der Waals surface area contributed by atoms with E-state index in [1.165, 1.54) is 27.5 Å². The normalized spacial score (nSPS) is 30.7. The van der Waals surface area contributed by atoms with E-state index < -0.39 is 64.4 Å². The summed E-state index contributed by atoms with van der Waals surface area (Å²) in [6.07, 6.45) is 9.33. The summed E-state index contributed by atoms with van der Waals surface area (Å²) in [6, 6.07) is -0.373. The van der Waals surface area contributed by atoms with Gasteiger partial charge in [0.05, 0.1) is 40.2 Å². The topological polar surface area (TPSA) is 299 Å². The molecule has 9 aliphatic rings. The average molecular weight is 1260 g/mol. The van der Waals surface area contributed by atoms with Gasteiger partial charge < -0.3 is 54.3 Å². The van der Waals surface area contributed by atoms with Crippen LogP contribution in [-0.4, -0.2) is 222 Å². The number of carboxylic acid groups (broad SMARTS) is 4. The Bertz CT molecular complexity index is 2050. The van der Waals surface area contributed by atoms with Gasteiger partial charge in [-0.05, 0) is 58.0 Å². The molecule has 0 amide bonds. The molecule has 9 heterocycles. The molecule has 6 atom stereocenters. The third-order valence-electron chi connectivity index (χ3n) is 13.2. The Hall–Kier alpha value is -1.27. The van der Waals surface area contributed by atoms with E-state index in [4.69, 9.17) is 19.3 Å². The van der Waals surface area contributed by atoms with Crippen molar-refractivity contribution in [2.24, 2.45) is 9.98 Å². The van der Waals surface area contributed by atoms with Crippen LogP contribution in [0.4, 0.5) is 0 Å². The van der Waals surface area contributed by atoms with E-state index in [1.54, 1.807) is 11.1 Å². The molecule has 68 heavy (non-hydrogen) atoms. The van der Waals surface area contributed by atoms with Crippen molar-refractivity contribution in [1.82, 2.24) is 29.8 Å². The standard InChI is InChI=1S/4C10H14N2O4.4Y/c1-16-8(15)10(7(13)14)9-3-2-4-11(9)5-6-12(9)10;1-15-9-7(8(13)14)12-6-5-11-4-2-3-10(11,12)16-9;1-16-9(15)10(8(13)14)7-3-2-5-12(7)6-4-11-10;1-16-10(15)8(9(13)14)7-3-2-4-11-5-6-12-7;;;;/h2*2-6H2,1H3,(H,13,14);4,7H,2-3,5-6H2,1H3,(H,13,14);6,11H,2-5H2,1H3,(H,13,14);;;;. The fraction of sp³-hybridized carbons (Fsp3) is 0.675. The van der Waals surface area contributed by atoms with E-state index in [2.05, 4.69) is 34.6 Å². The molecule has 6 saturated heterocycles. The van der Waals surface area contributed by atoms with Crippen LogP contribution in [0.15, 0.2) is 32.9 Å². The van der Waals surface area contributed by atoms with E-state index >= 15 is 0 Å². The van der Waals surface area contributed by atoms with E-state index in [-0.39, 0.29) is 160 Å². The van der Waals surface area contributed by atoms with Crippen LogP contribution in [0, 0.1) is 0 Å². The van der Waals surface area contributed by atoms with Crippen molar-refractivity contribution < 1.29 is 209 Å². The fourth-order valence-corrected chi connectivity index (χ4v) is 10.5. The van der Waals surface area contributed by atoms with Crippen molar-refractivity contribution in [3.05, 3.63) is 22.9 Å². The second-order valence-electron chi connectivity index (χ2n) is 16.1. The number of aliphatic carboxylic acids is 4. The molecular weight excluding hydrogens is 1200 g/mol. The van der Waals surface area contributed by atoms with Gasteiger partial charge in [-0.3, -0.25) is 24.7 Å². The van der Waals surface area contributed by atoms with Gasteiger partial charge in [0.2, 0.25) is 11.5 Å². The third-order valence-corrected chi connectivity index (χ3v) is 13.2. The quantitative estimate of drug-likeness (QED) is 0.0464. The van der Waals surface area contributed by atoms with E-state index in [0.29, 0.717) is 39.0 Å². The first-order valence-corrected chi connectivity index (χ1v) is 21.1. The summed E-state index contributed by atoms with van der Waals surface area (Å²) in [5.41, 5.74) is -3.71. The van der Waals surface area contributed by atoms with Crippen molar-refractivity contribution in [2.75, 3.05) is 93.9 Å². The molecule has 24 nitrogen and oxygen atoms in total. The number of piperazine rings is 1. The summed E-state index contributed by atoms with van der Waals surface area (Å²) in [6.45, 7) is 7.62. The first kappa shape index (κ1) is 62.8. The zero-order valence-electron chi connectivity index (χ0n) is 38.6. The van der Waals surface area contributed by atoms with Crippen LogP contribution in [0.5, 0.6) is 0 Å². The number of esters is 3. The van der Waals surface area contributed by atoms with Gasteiger partial charge in [-0.2, -0.15) is 0 Å². The number of hydrogen-bond acceptors (Lipinski definition) is 20. The van der Waals surface area contributed by atoms with E-state index in [1.807, 2.05) is 9.80 Å². The first-order valence-electron chi connectivity index (χ1n) is 21.1. The van der Waals surface area contributed by atoms with E-state index in [9.17, 15) is 48.9 Å². The van der Waals surface area contributed by atoms with Crippen LogP contribution in [-0.2, 0) is 188 Å². The Balaban J connectivity index is 0.000000305. The van der Waals surface area contributed by atoms with Crippen LogP contribution in [0.1, 0.15) is 51.4 Å². The summed E-state index contributed by atoms with van der Waals surface area (Å²) >= 11 is 0. The number of carbonyl (C=O) groups excluding carboxylic acids is 3. The van der Waals surface area contributed by atoms with Gasteiger partial charge in [-0.25, -0.2) is 38.5 Å². The number of carbonyl (C=O) groups is 7. The summed E-state index contributed by atoms with van der Waals surface area (Å²) in [4.78, 5) is 97.6. The summed E-state index contributed by atoms with van der Waals surface area (Å²) < 4.78 is 24.5. The van der Waals surface area contributed by atoms with E-state index in [0.717, 1.165) is 84.9 Å². The number of nitrogens with one attached hydrogen (secondary N) is 1.